The molecule has 0 saturated carbocycles. The smallest absolute Gasteiger partial charge is 0.211 e. The van der Waals surface area contributed by atoms with Gasteiger partial charge < -0.3 is 0 Å². The molecule has 0 saturated heterocycles. The third-order valence-corrected chi connectivity index (χ3v) is 4.89. The highest BCUT2D eigenvalue weighted by Crippen LogP contribution is 2.37. The zero-order valence-corrected chi connectivity index (χ0v) is 15.4. The van der Waals surface area contributed by atoms with Crippen LogP contribution >= 0.6 is 0 Å². The fourth-order valence-corrected chi connectivity index (χ4v) is 3.47. The van der Waals surface area contributed by atoms with Crippen molar-refractivity contribution in [1.29, 1.82) is 5.26 Å². The summed E-state index contributed by atoms with van der Waals surface area (Å²) in [7, 11) is 0. The van der Waals surface area contributed by atoms with Crippen LogP contribution in [0.5, 0.6) is 0 Å². The van der Waals surface area contributed by atoms with Gasteiger partial charge in [0.1, 0.15) is 5.41 Å². The van der Waals surface area contributed by atoms with Gasteiger partial charge in [-0.3, -0.25) is 0 Å². The molecule has 2 aromatic rings. The molecule has 0 bridgehead atoms. The van der Waals surface area contributed by atoms with Gasteiger partial charge in [-0.15, -0.1) is 0 Å². The number of nitrogens with zero attached hydrogens (tertiary/aromatic N) is 2. The van der Waals surface area contributed by atoms with E-state index in [1.165, 1.54) is 6.42 Å². The first-order valence-corrected chi connectivity index (χ1v) is 9.36. The normalized spacial score (nSPS) is 12.0. The zero-order valence-electron chi connectivity index (χ0n) is 15.4. The van der Waals surface area contributed by atoms with Crippen LogP contribution in [0.1, 0.15) is 56.6 Å². The van der Waals surface area contributed by atoms with Crippen LogP contribution in [0, 0.1) is 11.3 Å². The molecular weight excluding hydrogens is 320 g/mol. The van der Waals surface area contributed by atoms with Crippen molar-refractivity contribution in [3.8, 4) is 6.07 Å². The van der Waals surface area contributed by atoms with E-state index in [2.05, 4.69) is 18.0 Å². The predicted octanol–water partition coefficient (Wildman–Crippen LogP) is 5.56. The Hall–Kier alpha value is -2.69. The SMILES string of the molecule is CCCCCCC(CC(C#N)(c1ccccc1)c1ccccc1)N=C=O. The van der Waals surface area contributed by atoms with Crippen LogP contribution in [0.25, 0.3) is 0 Å². The maximum absolute atomic E-state index is 11.0. The maximum Gasteiger partial charge on any atom is 0.235 e. The fraction of sp³-hybridized carbons (Fsp3) is 0.391. The summed E-state index contributed by atoms with van der Waals surface area (Å²) in [5, 5.41) is 10.2. The lowest BCUT2D eigenvalue weighted by atomic mass is 9.71. The molecule has 2 rings (SSSR count). The summed E-state index contributed by atoms with van der Waals surface area (Å²) >= 11 is 0. The Bertz CT molecular complexity index is 703. The molecule has 2 aromatic carbocycles. The molecule has 0 N–H and O–H groups in total. The van der Waals surface area contributed by atoms with Crippen molar-refractivity contribution in [1.82, 2.24) is 0 Å². The molecule has 3 heteroatoms. The summed E-state index contributed by atoms with van der Waals surface area (Å²) in [6.45, 7) is 2.17. The Kier molecular flexibility index (Phi) is 7.80. The molecular formula is C23H26N2O. The van der Waals surface area contributed by atoms with Crippen LogP contribution < -0.4 is 0 Å². The number of hydrogen-bond donors (Lipinski definition) is 0. The lowest BCUT2D eigenvalue weighted by Gasteiger charge is -2.30. The van der Waals surface area contributed by atoms with E-state index in [-0.39, 0.29) is 6.04 Å². The largest absolute Gasteiger partial charge is 0.235 e. The van der Waals surface area contributed by atoms with E-state index in [0.717, 1.165) is 36.8 Å². The van der Waals surface area contributed by atoms with Gasteiger partial charge in [-0.05, 0) is 24.0 Å². The van der Waals surface area contributed by atoms with Crippen molar-refractivity contribution in [2.75, 3.05) is 0 Å². The summed E-state index contributed by atoms with van der Waals surface area (Å²) in [4.78, 5) is 15.0. The highest BCUT2D eigenvalue weighted by atomic mass is 16.1. The third-order valence-electron chi connectivity index (χ3n) is 4.89. The Labute approximate surface area is 156 Å². The van der Waals surface area contributed by atoms with Crippen molar-refractivity contribution in [2.45, 2.75) is 56.9 Å². The van der Waals surface area contributed by atoms with Gasteiger partial charge in [0, 0.05) is 0 Å². The Morgan fingerprint density at radius 2 is 1.54 bits per heavy atom. The summed E-state index contributed by atoms with van der Waals surface area (Å²) in [5.41, 5.74) is 1.06. The van der Waals surface area contributed by atoms with Crippen molar-refractivity contribution in [2.24, 2.45) is 4.99 Å². The van der Waals surface area contributed by atoms with Crippen LogP contribution in [0.2, 0.25) is 0 Å². The number of nitriles is 1. The second-order valence-electron chi connectivity index (χ2n) is 6.68. The van der Waals surface area contributed by atoms with Crippen LogP contribution in [-0.4, -0.2) is 12.1 Å². The molecule has 134 valence electrons. The lowest BCUT2D eigenvalue weighted by Crippen LogP contribution is -2.30. The highest BCUT2D eigenvalue weighted by molar-refractivity contribution is 5.46. The van der Waals surface area contributed by atoms with Gasteiger partial charge in [0.2, 0.25) is 6.08 Å². The number of benzene rings is 2. The van der Waals surface area contributed by atoms with E-state index in [4.69, 9.17) is 0 Å². The van der Waals surface area contributed by atoms with E-state index >= 15 is 0 Å². The van der Waals surface area contributed by atoms with Crippen molar-refractivity contribution in [3.05, 3.63) is 71.8 Å². The van der Waals surface area contributed by atoms with Crippen LogP contribution in [-0.2, 0) is 10.2 Å². The van der Waals surface area contributed by atoms with Crippen molar-refractivity contribution >= 4 is 6.08 Å². The van der Waals surface area contributed by atoms with Crippen LogP contribution in [0.4, 0.5) is 0 Å². The average molecular weight is 346 g/mol. The average Bonchev–Trinajstić information content (AvgIpc) is 2.70. The summed E-state index contributed by atoms with van der Waals surface area (Å²) in [6.07, 6.45) is 7.49. The van der Waals surface area contributed by atoms with Gasteiger partial charge in [0.05, 0.1) is 12.1 Å². The lowest BCUT2D eigenvalue weighted by molar-refractivity contribution is 0.454. The maximum atomic E-state index is 11.0. The van der Waals surface area contributed by atoms with Gasteiger partial charge in [-0.1, -0.05) is 93.3 Å². The second kappa shape index (κ2) is 10.3. The number of isocyanates is 1. The molecule has 0 fully saturated rings. The first kappa shape index (κ1) is 19.6. The Morgan fingerprint density at radius 3 is 2.00 bits per heavy atom. The number of unbranched alkanes of at least 4 members (excludes halogenated alkanes) is 3. The molecule has 0 radical (unpaired) electrons. The summed E-state index contributed by atoms with van der Waals surface area (Å²) in [6, 6.07) is 22.0. The number of carbonyl (C=O) groups excluding carboxylic acids is 1. The summed E-state index contributed by atoms with van der Waals surface area (Å²) < 4.78 is 0. The molecule has 0 aliphatic heterocycles. The van der Waals surface area contributed by atoms with Crippen molar-refractivity contribution < 1.29 is 4.79 Å². The summed E-state index contributed by atoms with van der Waals surface area (Å²) in [5.74, 6) is 0. The van der Waals surface area contributed by atoms with Crippen LogP contribution in [0.15, 0.2) is 65.7 Å². The van der Waals surface area contributed by atoms with E-state index in [0.29, 0.717) is 6.42 Å². The minimum absolute atomic E-state index is 0.204. The molecule has 1 unspecified atom stereocenters. The topological polar surface area (TPSA) is 53.2 Å². The molecule has 26 heavy (non-hydrogen) atoms. The molecule has 0 amide bonds. The molecule has 0 aromatic heterocycles. The molecule has 0 spiro atoms. The molecule has 0 heterocycles. The van der Waals surface area contributed by atoms with Crippen molar-refractivity contribution in [3.63, 3.8) is 0 Å². The predicted molar refractivity (Wildman–Crippen MR) is 105 cm³/mol. The quantitative estimate of drug-likeness (QED) is 0.321. The first-order chi connectivity index (χ1) is 12.8. The second-order valence-corrected chi connectivity index (χ2v) is 6.68. The van der Waals surface area contributed by atoms with E-state index in [9.17, 15) is 10.1 Å². The molecule has 1 atom stereocenters. The van der Waals surface area contributed by atoms with Gasteiger partial charge >= 0.3 is 0 Å². The number of aliphatic imine (C=N–C) groups is 1. The minimum Gasteiger partial charge on any atom is -0.211 e. The molecule has 0 aliphatic rings. The highest BCUT2D eigenvalue weighted by Gasteiger charge is 2.37. The zero-order chi connectivity index (χ0) is 18.7. The van der Waals surface area contributed by atoms with Gasteiger partial charge in [-0.2, -0.15) is 5.26 Å². The van der Waals surface area contributed by atoms with Crippen LogP contribution in [0.3, 0.4) is 0 Å². The van der Waals surface area contributed by atoms with E-state index in [1.807, 2.05) is 60.7 Å². The minimum atomic E-state index is -0.821. The standard InChI is InChI=1S/C23H26N2O/c1-2-3-4-11-16-22(25-19-26)17-23(18-24,20-12-7-5-8-13-20)21-14-9-6-10-15-21/h5-10,12-15,22H,2-4,11,16-17H2,1H3. The number of hydrogen-bond acceptors (Lipinski definition) is 3. The van der Waals surface area contributed by atoms with Gasteiger partial charge in [-0.25, -0.2) is 9.79 Å². The fourth-order valence-electron chi connectivity index (χ4n) is 3.47. The molecule has 3 nitrogen and oxygen atoms in total. The monoisotopic (exact) mass is 346 g/mol. The molecule has 0 aliphatic carbocycles. The van der Waals surface area contributed by atoms with E-state index < -0.39 is 5.41 Å². The Balaban J connectivity index is 2.37. The third kappa shape index (κ3) is 4.91. The first-order valence-electron chi connectivity index (χ1n) is 9.36. The van der Waals surface area contributed by atoms with E-state index in [1.54, 1.807) is 6.08 Å². The van der Waals surface area contributed by atoms with Gasteiger partial charge in [0.25, 0.3) is 0 Å². The Morgan fingerprint density at radius 1 is 0.962 bits per heavy atom. The van der Waals surface area contributed by atoms with Gasteiger partial charge in [0.15, 0.2) is 0 Å². The number of rotatable bonds is 10.